The third-order valence-electron chi connectivity index (χ3n) is 5.31. The average Bonchev–Trinajstić information content (AvgIpc) is 2.79. The van der Waals surface area contributed by atoms with E-state index >= 15 is 0 Å². The SMILES string of the molecule is CN(C)CCNC(=O)c1cccc2nc3ccc4c(OCC(=O)OC(C)(C)C)cccc4c3nc12. The number of nitrogens with one attached hydrogen (secondary N) is 1. The van der Waals surface area contributed by atoms with Crippen molar-refractivity contribution in [2.45, 2.75) is 26.4 Å². The number of nitrogens with zero attached hydrogens (tertiary/aromatic N) is 3. The lowest BCUT2D eigenvalue weighted by atomic mass is 10.1. The molecule has 1 aromatic heterocycles. The largest absolute Gasteiger partial charge is 0.481 e. The highest BCUT2D eigenvalue weighted by Crippen LogP contribution is 2.31. The number of ether oxygens (including phenoxy) is 2. The van der Waals surface area contributed by atoms with Crippen LogP contribution < -0.4 is 10.1 Å². The van der Waals surface area contributed by atoms with Crippen molar-refractivity contribution < 1.29 is 19.1 Å². The van der Waals surface area contributed by atoms with Crippen molar-refractivity contribution >= 4 is 44.7 Å². The summed E-state index contributed by atoms with van der Waals surface area (Å²) in [5.74, 6) is -0.0782. The maximum atomic E-state index is 12.9. The van der Waals surface area contributed by atoms with Gasteiger partial charge in [0, 0.05) is 23.9 Å². The number of hydrogen-bond acceptors (Lipinski definition) is 7. The molecule has 35 heavy (non-hydrogen) atoms. The summed E-state index contributed by atoms with van der Waals surface area (Å²) in [7, 11) is 3.91. The second-order valence-corrected chi connectivity index (χ2v) is 9.62. The van der Waals surface area contributed by atoms with Gasteiger partial charge in [-0.05, 0) is 65.2 Å². The van der Waals surface area contributed by atoms with Crippen LogP contribution in [0, 0.1) is 0 Å². The minimum absolute atomic E-state index is 0.187. The van der Waals surface area contributed by atoms with E-state index in [0.717, 1.165) is 17.3 Å². The highest BCUT2D eigenvalue weighted by atomic mass is 16.6. The van der Waals surface area contributed by atoms with E-state index in [-0.39, 0.29) is 12.5 Å². The maximum Gasteiger partial charge on any atom is 0.344 e. The lowest BCUT2D eigenvalue weighted by Crippen LogP contribution is -2.31. The van der Waals surface area contributed by atoms with Gasteiger partial charge >= 0.3 is 5.97 Å². The number of benzene rings is 3. The molecule has 0 fully saturated rings. The molecule has 0 atom stereocenters. The smallest absolute Gasteiger partial charge is 0.344 e. The first-order valence-electron chi connectivity index (χ1n) is 11.5. The van der Waals surface area contributed by atoms with Gasteiger partial charge in [-0.3, -0.25) is 4.79 Å². The molecular weight excluding hydrogens is 444 g/mol. The summed E-state index contributed by atoms with van der Waals surface area (Å²) in [4.78, 5) is 36.6. The molecule has 0 aliphatic carbocycles. The van der Waals surface area contributed by atoms with Crippen molar-refractivity contribution in [2.75, 3.05) is 33.8 Å². The van der Waals surface area contributed by atoms with E-state index in [9.17, 15) is 9.59 Å². The summed E-state index contributed by atoms with van der Waals surface area (Å²) < 4.78 is 11.1. The van der Waals surface area contributed by atoms with E-state index in [1.165, 1.54) is 0 Å². The number of hydrogen-bond donors (Lipinski definition) is 1. The third-order valence-corrected chi connectivity index (χ3v) is 5.31. The van der Waals surface area contributed by atoms with E-state index < -0.39 is 11.6 Å². The van der Waals surface area contributed by atoms with Crippen molar-refractivity contribution in [3.63, 3.8) is 0 Å². The Labute approximate surface area is 204 Å². The molecule has 8 heteroatoms. The van der Waals surface area contributed by atoms with Crippen molar-refractivity contribution in [1.82, 2.24) is 20.2 Å². The average molecular weight is 475 g/mol. The van der Waals surface area contributed by atoms with Gasteiger partial charge in [-0.25, -0.2) is 14.8 Å². The number of carbonyl (C=O) groups excluding carboxylic acids is 2. The second-order valence-electron chi connectivity index (χ2n) is 9.62. The van der Waals surface area contributed by atoms with Crippen molar-refractivity contribution in [1.29, 1.82) is 0 Å². The molecule has 0 saturated heterocycles. The van der Waals surface area contributed by atoms with Crippen LogP contribution in [0.4, 0.5) is 0 Å². The first-order chi connectivity index (χ1) is 16.6. The normalized spacial score (nSPS) is 11.8. The fraction of sp³-hybridized carbons (Fsp3) is 0.333. The molecule has 1 amide bonds. The van der Waals surface area contributed by atoms with E-state index in [0.29, 0.717) is 39.9 Å². The van der Waals surface area contributed by atoms with Gasteiger partial charge in [-0.2, -0.15) is 0 Å². The molecule has 0 bridgehead atoms. The number of aromatic nitrogens is 2. The van der Waals surface area contributed by atoms with Crippen LogP contribution >= 0.6 is 0 Å². The predicted octanol–water partition coefficient (Wildman–Crippen LogP) is 3.95. The number of amides is 1. The third kappa shape index (κ3) is 5.66. The van der Waals surface area contributed by atoms with Crippen LogP contribution in [0.25, 0.3) is 32.8 Å². The molecule has 0 saturated carbocycles. The Hall–Kier alpha value is -3.78. The summed E-state index contributed by atoms with van der Waals surface area (Å²) in [6, 6.07) is 14.8. The Balaban J connectivity index is 1.71. The molecule has 0 aliphatic rings. The van der Waals surface area contributed by atoms with Gasteiger partial charge in [0.05, 0.1) is 22.1 Å². The molecule has 1 heterocycles. The van der Waals surface area contributed by atoms with Gasteiger partial charge in [0.2, 0.25) is 0 Å². The van der Waals surface area contributed by atoms with Crippen LogP contribution in [0.1, 0.15) is 31.1 Å². The molecule has 8 nitrogen and oxygen atoms in total. The minimum Gasteiger partial charge on any atom is -0.481 e. The first-order valence-corrected chi connectivity index (χ1v) is 11.5. The molecule has 0 spiro atoms. The Morgan fingerprint density at radius 3 is 2.40 bits per heavy atom. The standard InChI is InChI=1S/C27H30N4O4/c1-27(2,3)35-23(32)16-34-22-11-7-8-18-17(22)12-13-21-24(18)30-25-19(9-6-10-20(25)29-21)26(33)28-14-15-31(4)5/h6-13H,14-16H2,1-5H3,(H,28,33). The van der Waals surface area contributed by atoms with Gasteiger partial charge < -0.3 is 19.7 Å². The molecule has 4 rings (SSSR count). The molecule has 0 aliphatic heterocycles. The Morgan fingerprint density at radius 1 is 0.914 bits per heavy atom. The highest BCUT2D eigenvalue weighted by molar-refractivity contribution is 6.11. The number of fused-ring (bicyclic) bond motifs is 4. The highest BCUT2D eigenvalue weighted by Gasteiger charge is 2.18. The van der Waals surface area contributed by atoms with Crippen LogP contribution in [0.5, 0.6) is 5.75 Å². The fourth-order valence-electron chi connectivity index (χ4n) is 3.79. The molecule has 1 N–H and O–H groups in total. The zero-order valence-electron chi connectivity index (χ0n) is 20.7. The molecule has 0 radical (unpaired) electrons. The van der Waals surface area contributed by atoms with Crippen molar-refractivity contribution in [2.24, 2.45) is 0 Å². The lowest BCUT2D eigenvalue weighted by molar-refractivity contribution is -0.157. The van der Waals surface area contributed by atoms with Gasteiger partial charge in [0.15, 0.2) is 6.61 Å². The summed E-state index contributed by atoms with van der Waals surface area (Å²) in [6.07, 6.45) is 0. The van der Waals surface area contributed by atoms with Crippen molar-refractivity contribution in [3.05, 3.63) is 54.1 Å². The minimum atomic E-state index is -0.581. The van der Waals surface area contributed by atoms with Gasteiger partial charge in [-0.15, -0.1) is 0 Å². The molecule has 0 unspecified atom stereocenters. The van der Waals surface area contributed by atoms with E-state index in [1.807, 2.05) is 76.2 Å². The predicted molar refractivity (Wildman–Crippen MR) is 137 cm³/mol. The van der Waals surface area contributed by atoms with Crippen LogP contribution in [0.15, 0.2) is 48.5 Å². The summed E-state index contributed by atoms with van der Waals surface area (Å²) in [5.41, 5.74) is 2.45. The monoisotopic (exact) mass is 474 g/mol. The Bertz CT molecular complexity index is 1410. The Morgan fingerprint density at radius 2 is 1.66 bits per heavy atom. The van der Waals surface area contributed by atoms with Gasteiger partial charge in [-0.1, -0.05) is 18.2 Å². The van der Waals surface area contributed by atoms with Gasteiger partial charge in [0.25, 0.3) is 5.91 Å². The molecular formula is C27H30N4O4. The number of para-hydroxylation sites is 1. The number of carbonyl (C=O) groups is 2. The molecule has 3 aromatic carbocycles. The molecule has 4 aromatic rings. The second kappa shape index (κ2) is 9.84. The Kier molecular flexibility index (Phi) is 6.84. The topological polar surface area (TPSA) is 93.7 Å². The van der Waals surface area contributed by atoms with E-state index in [4.69, 9.17) is 19.4 Å². The zero-order chi connectivity index (χ0) is 25.2. The zero-order valence-corrected chi connectivity index (χ0v) is 20.7. The van der Waals surface area contributed by atoms with Crippen molar-refractivity contribution in [3.8, 4) is 5.75 Å². The van der Waals surface area contributed by atoms with E-state index in [2.05, 4.69) is 5.32 Å². The quantitative estimate of drug-likeness (QED) is 0.246. The lowest BCUT2D eigenvalue weighted by Gasteiger charge is -2.19. The van der Waals surface area contributed by atoms with Crippen LogP contribution in [-0.4, -0.2) is 66.1 Å². The first kappa shape index (κ1) is 24.3. The fourth-order valence-corrected chi connectivity index (χ4v) is 3.79. The maximum absolute atomic E-state index is 12.9. The van der Waals surface area contributed by atoms with Crippen LogP contribution in [0.3, 0.4) is 0 Å². The van der Waals surface area contributed by atoms with Crippen LogP contribution in [0.2, 0.25) is 0 Å². The molecule has 182 valence electrons. The van der Waals surface area contributed by atoms with Crippen LogP contribution in [-0.2, 0) is 9.53 Å². The summed E-state index contributed by atoms with van der Waals surface area (Å²) in [6.45, 7) is 6.51. The number of likely N-dealkylation sites (N-methyl/N-ethyl adjacent to an activating group) is 1. The van der Waals surface area contributed by atoms with Gasteiger partial charge in [0.1, 0.15) is 16.9 Å². The summed E-state index contributed by atoms with van der Waals surface area (Å²) >= 11 is 0. The number of esters is 1. The van der Waals surface area contributed by atoms with E-state index in [1.54, 1.807) is 12.1 Å². The number of rotatable bonds is 7. The summed E-state index contributed by atoms with van der Waals surface area (Å²) in [5, 5.41) is 4.57.